The maximum atomic E-state index is 11.3. The van der Waals surface area contributed by atoms with Crippen LogP contribution in [0.1, 0.15) is 13.8 Å². The molecule has 1 saturated heterocycles. The van der Waals surface area contributed by atoms with Crippen LogP contribution in [0.4, 0.5) is 5.95 Å². The molecule has 1 aliphatic heterocycles. The van der Waals surface area contributed by atoms with Gasteiger partial charge in [-0.05, 0) is 13.8 Å². The van der Waals surface area contributed by atoms with E-state index in [2.05, 4.69) is 34.0 Å². The van der Waals surface area contributed by atoms with Gasteiger partial charge in [0.25, 0.3) is 0 Å². The van der Waals surface area contributed by atoms with Crippen molar-refractivity contribution >= 4 is 15.8 Å². The van der Waals surface area contributed by atoms with Gasteiger partial charge in [-0.15, -0.1) is 0 Å². The van der Waals surface area contributed by atoms with Crippen molar-refractivity contribution in [3.05, 3.63) is 12.4 Å². The Morgan fingerprint density at radius 1 is 1.22 bits per heavy atom. The van der Waals surface area contributed by atoms with Crippen LogP contribution in [0.25, 0.3) is 0 Å². The van der Waals surface area contributed by atoms with Gasteiger partial charge in [0.2, 0.25) is 5.95 Å². The molecule has 7 heteroatoms. The van der Waals surface area contributed by atoms with Crippen molar-refractivity contribution in [2.24, 2.45) is 0 Å². The molecule has 0 spiro atoms. The number of nitrogens with one attached hydrogen (secondary N) is 1. The summed E-state index contributed by atoms with van der Waals surface area (Å²) in [6, 6.07) is 0.735. The molecule has 0 amide bonds. The lowest BCUT2D eigenvalue weighted by Crippen LogP contribution is -2.54. The van der Waals surface area contributed by atoms with Gasteiger partial charge in [-0.25, -0.2) is 18.4 Å². The SMILES string of the molecule is C[C@@H]1CN(c2ncc(S(C)(=O)=O)cn2)C[C@@H](C)N1. The predicted octanol–water partition coefficient (Wildman–Crippen LogP) is 0.0667. The van der Waals surface area contributed by atoms with Gasteiger partial charge in [-0.3, -0.25) is 0 Å². The number of sulfone groups is 1. The number of rotatable bonds is 2. The minimum absolute atomic E-state index is 0.155. The molecule has 0 bridgehead atoms. The van der Waals surface area contributed by atoms with Crippen molar-refractivity contribution in [3.8, 4) is 0 Å². The fourth-order valence-electron chi connectivity index (χ4n) is 2.15. The second kappa shape index (κ2) is 4.81. The summed E-state index contributed by atoms with van der Waals surface area (Å²) in [6.07, 6.45) is 3.89. The highest BCUT2D eigenvalue weighted by Crippen LogP contribution is 2.14. The largest absolute Gasteiger partial charge is 0.338 e. The third kappa shape index (κ3) is 2.97. The molecule has 2 atom stereocenters. The molecule has 0 aromatic carbocycles. The van der Waals surface area contributed by atoms with Crippen LogP contribution in [0, 0.1) is 0 Å². The molecule has 1 fully saturated rings. The fraction of sp³-hybridized carbons (Fsp3) is 0.636. The molecule has 2 rings (SSSR count). The summed E-state index contributed by atoms with van der Waals surface area (Å²) in [5.74, 6) is 0.586. The predicted molar refractivity (Wildman–Crippen MR) is 69.4 cm³/mol. The van der Waals surface area contributed by atoms with Crippen LogP contribution in [0.5, 0.6) is 0 Å². The van der Waals surface area contributed by atoms with E-state index in [1.807, 2.05) is 0 Å². The van der Waals surface area contributed by atoms with Crippen LogP contribution in [0.3, 0.4) is 0 Å². The summed E-state index contributed by atoms with van der Waals surface area (Å²) in [5, 5.41) is 3.42. The molecular formula is C11H18N4O2S. The molecule has 2 heterocycles. The van der Waals surface area contributed by atoms with Crippen molar-refractivity contribution in [2.75, 3.05) is 24.2 Å². The van der Waals surface area contributed by atoms with Gasteiger partial charge in [-0.2, -0.15) is 0 Å². The van der Waals surface area contributed by atoms with Gasteiger partial charge < -0.3 is 10.2 Å². The van der Waals surface area contributed by atoms with Gasteiger partial charge >= 0.3 is 0 Å². The Morgan fingerprint density at radius 3 is 2.17 bits per heavy atom. The highest BCUT2D eigenvalue weighted by molar-refractivity contribution is 7.90. The normalized spacial score (nSPS) is 25.2. The Kier molecular flexibility index (Phi) is 3.54. The van der Waals surface area contributed by atoms with E-state index in [1.54, 1.807) is 0 Å². The summed E-state index contributed by atoms with van der Waals surface area (Å²) in [4.78, 5) is 10.5. The standard InChI is InChI=1S/C11H18N4O2S/c1-8-6-15(7-9(2)14-8)11-12-4-10(5-13-11)18(3,16)17/h4-5,8-9,14H,6-7H2,1-3H3/t8-,9-/m1/s1. The second-order valence-corrected chi connectivity index (χ2v) is 6.88. The Hall–Kier alpha value is -1.21. The Bertz CT molecular complexity index is 504. The molecule has 1 N–H and O–H groups in total. The molecular weight excluding hydrogens is 252 g/mol. The quantitative estimate of drug-likeness (QED) is 0.819. The fourth-order valence-corrected chi connectivity index (χ4v) is 2.64. The molecule has 6 nitrogen and oxygen atoms in total. The molecule has 0 unspecified atom stereocenters. The van der Waals surface area contributed by atoms with Crippen molar-refractivity contribution in [1.82, 2.24) is 15.3 Å². The van der Waals surface area contributed by atoms with Crippen LogP contribution in [0.15, 0.2) is 17.3 Å². The minimum Gasteiger partial charge on any atom is -0.338 e. The van der Waals surface area contributed by atoms with Gasteiger partial charge in [0.05, 0.1) is 12.4 Å². The van der Waals surface area contributed by atoms with Crippen molar-refractivity contribution in [3.63, 3.8) is 0 Å². The van der Waals surface area contributed by atoms with Crippen molar-refractivity contribution in [2.45, 2.75) is 30.8 Å². The third-order valence-corrected chi connectivity index (χ3v) is 3.95. The monoisotopic (exact) mass is 270 g/mol. The summed E-state index contributed by atoms with van der Waals surface area (Å²) in [5.41, 5.74) is 0. The number of aromatic nitrogens is 2. The van der Waals surface area contributed by atoms with E-state index in [4.69, 9.17) is 0 Å². The van der Waals surface area contributed by atoms with E-state index in [-0.39, 0.29) is 4.90 Å². The molecule has 1 aliphatic rings. The van der Waals surface area contributed by atoms with Gasteiger partial charge in [0.1, 0.15) is 4.90 Å². The number of nitrogens with zero attached hydrogens (tertiary/aromatic N) is 3. The van der Waals surface area contributed by atoms with E-state index in [1.165, 1.54) is 12.4 Å². The summed E-state index contributed by atoms with van der Waals surface area (Å²) >= 11 is 0. The first-order valence-corrected chi connectivity index (χ1v) is 7.78. The van der Waals surface area contributed by atoms with E-state index < -0.39 is 9.84 Å². The van der Waals surface area contributed by atoms with Crippen LogP contribution in [-0.2, 0) is 9.84 Å². The molecule has 0 saturated carbocycles. The van der Waals surface area contributed by atoms with E-state index in [9.17, 15) is 8.42 Å². The van der Waals surface area contributed by atoms with Gasteiger partial charge in [0.15, 0.2) is 9.84 Å². The molecule has 0 radical (unpaired) electrons. The summed E-state index contributed by atoms with van der Waals surface area (Å²) < 4.78 is 22.6. The molecule has 0 aliphatic carbocycles. The average Bonchev–Trinajstić information content (AvgIpc) is 2.27. The van der Waals surface area contributed by atoms with Gasteiger partial charge in [0, 0.05) is 31.4 Å². The first-order chi connectivity index (χ1) is 8.36. The average molecular weight is 270 g/mol. The molecule has 1 aromatic heterocycles. The van der Waals surface area contributed by atoms with Crippen LogP contribution in [0.2, 0.25) is 0 Å². The van der Waals surface area contributed by atoms with Crippen LogP contribution in [-0.4, -0.2) is 49.8 Å². The van der Waals surface area contributed by atoms with E-state index in [0.717, 1.165) is 19.3 Å². The van der Waals surface area contributed by atoms with Gasteiger partial charge in [-0.1, -0.05) is 0 Å². The van der Waals surface area contributed by atoms with Crippen LogP contribution >= 0.6 is 0 Å². The zero-order chi connectivity index (χ0) is 13.3. The van der Waals surface area contributed by atoms with E-state index in [0.29, 0.717) is 18.0 Å². The minimum atomic E-state index is -3.23. The van der Waals surface area contributed by atoms with Crippen LogP contribution < -0.4 is 10.2 Å². The lowest BCUT2D eigenvalue weighted by molar-refractivity contribution is 0.403. The Balaban J connectivity index is 2.19. The number of anilines is 1. The lowest BCUT2D eigenvalue weighted by Gasteiger charge is -2.36. The topological polar surface area (TPSA) is 75.2 Å². The zero-order valence-electron chi connectivity index (χ0n) is 10.8. The first kappa shape index (κ1) is 13.2. The molecule has 1 aromatic rings. The van der Waals surface area contributed by atoms with Crippen molar-refractivity contribution in [1.29, 1.82) is 0 Å². The third-order valence-electron chi connectivity index (χ3n) is 2.88. The van der Waals surface area contributed by atoms with Crippen molar-refractivity contribution < 1.29 is 8.42 Å². The summed E-state index contributed by atoms with van der Waals surface area (Å²) in [6.45, 7) is 5.85. The molecule has 18 heavy (non-hydrogen) atoms. The highest BCUT2D eigenvalue weighted by Gasteiger charge is 2.23. The Labute approximate surface area is 107 Å². The number of hydrogen-bond acceptors (Lipinski definition) is 6. The molecule has 100 valence electrons. The lowest BCUT2D eigenvalue weighted by atomic mass is 10.1. The maximum Gasteiger partial charge on any atom is 0.225 e. The first-order valence-electron chi connectivity index (χ1n) is 5.89. The highest BCUT2D eigenvalue weighted by atomic mass is 32.2. The zero-order valence-corrected chi connectivity index (χ0v) is 11.6. The Morgan fingerprint density at radius 2 is 1.72 bits per heavy atom. The number of hydrogen-bond donors (Lipinski definition) is 1. The number of piperazine rings is 1. The second-order valence-electron chi connectivity index (χ2n) is 4.86. The van der Waals surface area contributed by atoms with E-state index >= 15 is 0 Å². The summed E-state index contributed by atoms with van der Waals surface area (Å²) in [7, 11) is -3.23. The smallest absolute Gasteiger partial charge is 0.225 e. The maximum absolute atomic E-state index is 11.3.